The molecular weight excluding hydrogens is 558 g/mol. The SMILES string of the molecule is CC(Cc1cc(-c2cccc(CC(c3ccc(S(C)(=O)=O)cc3)C(O)C(C)(C)O)c2)c2ncccc2c1)S(C)(=O)=O. The standard InChI is InChI=1S/C32H37NO6S2/c1-21(40(4,36)37)16-23-18-26-10-7-15-33-30(26)28(20-23)25-9-6-8-22(17-25)19-29(31(34)32(2,3)35)24-11-13-27(14-12-24)41(5,38)39/h6-15,17-18,20-21,29,31,34-35H,16,19H2,1-5H3. The van der Waals surface area contributed by atoms with Crippen molar-refractivity contribution in [3.63, 3.8) is 0 Å². The molecule has 2 N–H and O–H groups in total. The zero-order valence-electron chi connectivity index (χ0n) is 23.9. The maximum atomic E-state index is 12.1. The van der Waals surface area contributed by atoms with Gasteiger partial charge in [-0.2, -0.15) is 0 Å². The molecule has 4 aromatic rings. The van der Waals surface area contributed by atoms with Gasteiger partial charge in [0.25, 0.3) is 0 Å². The van der Waals surface area contributed by atoms with Gasteiger partial charge in [-0.25, -0.2) is 16.8 Å². The quantitative estimate of drug-likeness (QED) is 0.272. The molecule has 0 saturated heterocycles. The van der Waals surface area contributed by atoms with Crippen molar-refractivity contribution in [1.29, 1.82) is 0 Å². The average molecular weight is 596 g/mol. The number of aromatic nitrogens is 1. The van der Waals surface area contributed by atoms with Crippen LogP contribution in [0.15, 0.2) is 83.9 Å². The normalized spacial score (nSPS) is 15.0. The van der Waals surface area contributed by atoms with E-state index < -0.39 is 42.5 Å². The van der Waals surface area contributed by atoms with Crippen molar-refractivity contribution in [2.75, 3.05) is 12.5 Å². The van der Waals surface area contributed by atoms with Gasteiger partial charge in [0, 0.05) is 35.6 Å². The fourth-order valence-electron chi connectivity index (χ4n) is 5.06. The lowest BCUT2D eigenvalue weighted by molar-refractivity contribution is -0.0609. The minimum absolute atomic E-state index is 0.184. The van der Waals surface area contributed by atoms with Gasteiger partial charge in [0.2, 0.25) is 0 Å². The van der Waals surface area contributed by atoms with Gasteiger partial charge in [-0.1, -0.05) is 42.5 Å². The first kappa shape index (κ1) is 30.8. The first-order chi connectivity index (χ1) is 19.0. The van der Waals surface area contributed by atoms with E-state index in [0.29, 0.717) is 18.4 Å². The fraction of sp³-hybridized carbons (Fsp3) is 0.344. The highest BCUT2D eigenvalue weighted by atomic mass is 32.2. The maximum Gasteiger partial charge on any atom is 0.175 e. The van der Waals surface area contributed by atoms with Crippen molar-refractivity contribution >= 4 is 30.6 Å². The number of nitrogens with zero attached hydrogens (tertiary/aromatic N) is 1. The third-order valence-corrected chi connectivity index (χ3v) is 10.3. The van der Waals surface area contributed by atoms with Crippen LogP contribution in [0.3, 0.4) is 0 Å². The molecule has 218 valence electrons. The van der Waals surface area contributed by atoms with Gasteiger partial charge < -0.3 is 10.2 Å². The lowest BCUT2D eigenvalue weighted by atomic mass is 9.80. The molecule has 0 spiro atoms. The highest BCUT2D eigenvalue weighted by Crippen LogP contribution is 2.34. The predicted molar refractivity (Wildman–Crippen MR) is 163 cm³/mol. The molecule has 1 heterocycles. The Kier molecular flexibility index (Phi) is 8.76. The predicted octanol–water partition coefficient (Wildman–Crippen LogP) is 4.74. The van der Waals surface area contributed by atoms with Crippen LogP contribution in [0.4, 0.5) is 0 Å². The van der Waals surface area contributed by atoms with Crippen LogP contribution < -0.4 is 0 Å². The molecule has 0 aliphatic heterocycles. The molecule has 1 aromatic heterocycles. The fourth-order valence-corrected chi connectivity index (χ4v) is 6.19. The molecule has 41 heavy (non-hydrogen) atoms. The van der Waals surface area contributed by atoms with E-state index in [-0.39, 0.29) is 4.90 Å². The van der Waals surface area contributed by atoms with E-state index in [2.05, 4.69) is 4.98 Å². The van der Waals surface area contributed by atoms with Crippen molar-refractivity contribution in [2.45, 2.75) is 61.4 Å². The Balaban J connectivity index is 1.76. The lowest BCUT2D eigenvalue weighted by Crippen LogP contribution is -2.41. The van der Waals surface area contributed by atoms with E-state index in [4.69, 9.17) is 0 Å². The van der Waals surface area contributed by atoms with Gasteiger partial charge >= 0.3 is 0 Å². The largest absolute Gasteiger partial charge is 0.390 e. The minimum atomic E-state index is -3.38. The van der Waals surface area contributed by atoms with Crippen LogP contribution in [-0.2, 0) is 32.5 Å². The topological polar surface area (TPSA) is 122 Å². The lowest BCUT2D eigenvalue weighted by Gasteiger charge is -2.32. The summed E-state index contributed by atoms with van der Waals surface area (Å²) in [5, 5.41) is 22.2. The van der Waals surface area contributed by atoms with Crippen molar-refractivity contribution in [2.24, 2.45) is 0 Å². The number of benzene rings is 3. The molecular formula is C32H37NO6S2. The highest BCUT2D eigenvalue weighted by molar-refractivity contribution is 7.91. The molecule has 3 atom stereocenters. The van der Waals surface area contributed by atoms with Crippen LogP contribution in [0.25, 0.3) is 22.0 Å². The summed E-state index contributed by atoms with van der Waals surface area (Å²) in [5.74, 6) is -0.518. The van der Waals surface area contributed by atoms with Gasteiger partial charge in [-0.05, 0) is 86.2 Å². The number of hydrogen-bond acceptors (Lipinski definition) is 7. The number of hydrogen-bond donors (Lipinski definition) is 2. The summed E-state index contributed by atoms with van der Waals surface area (Å²) in [5.41, 5.74) is 3.67. The maximum absolute atomic E-state index is 12.1. The summed E-state index contributed by atoms with van der Waals surface area (Å²) in [6.07, 6.45) is 3.75. The van der Waals surface area contributed by atoms with Crippen LogP contribution in [0, 0.1) is 0 Å². The van der Waals surface area contributed by atoms with Crippen molar-refractivity contribution in [3.05, 3.63) is 95.7 Å². The number of sulfone groups is 2. The van der Waals surface area contributed by atoms with E-state index in [9.17, 15) is 27.0 Å². The first-order valence-electron chi connectivity index (χ1n) is 13.4. The molecule has 7 nitrogen and oxygen atoms in total. The van der Waals surface area contributed by atoms with Gasteiger partial charge in [0.05, 0.1) is 27.4 Å². The summed E-state index contributed by atoms with van der Waals surface area (Å²) >= 11 is 0. The molecule has 3 aromatic carbocycles. The third kappa shape index (κ3) is 7.40. The molecule has 0 aliphatic carbocycles. The molecule has 4 rings (SSSR count). The van der Waals surface area contributed by atoms with E-state index >= 15 is 0 Å². The summed E-state index contributed by atoms with van der Waals surface area (Å²) in [7, 11) is -6.58. The molecule has 0 amide bonds. The van der Waals surface area contributed by atoms with Gasteiger partial charge in [-0.15, -0.1) is 0 Å². The monoisotopic (exact) mass is 595 g/mol. The number of pyridine rings is 1. The van der Waals surface area contributed by atoms with E-state index in [1.807, 2.05) is 48.5 Å². The zero-order valence-corrected chi connectivity index (χ0v) is 25.6. The number of aliphatic hydroxyl groups excluding tert-OH is 1. The van der Waals surface area contributed by atoms with Gasteiger partial charge in [0.1, 0.15) is 9.84 Å². The second kappa shape index (κ2) is 11.6. The van der Waals surface area contributed by atoms with Crippen molar-refractivity contribution in [3.8, 4) is 11.1 Å². The summed E-state index contributed by atoms with van der Waals surface area (Å²) in [6.45, 7) is 4.80. The second-order valence-corrected chi connectivity index (χ2v) is 16.0. The summed E-state index contributed by atoms with van der Waals surface area (Å²) < 4.78 is 48.2. The van der Waals surface area contributed by atoms with Crippen molar-refractivity contribution < 1.29 is 27.0 Å². The Morgan fingerprint density at radius 3 is 2.15 bits per heavy atom. The molecule has 3 unspecified atom stereocenters. The Labute approximate surface area is 242 Å². The minimum Gasteiger partial charge on any atom is -0.390 e. The average Bonchev–Trinajstić information content (AvgIpc) is 2.89. The number of fused-ring (bicyclic) bond motifs is 1. The Morgan fingerprint density at radius 1 is 0.854 bits per heavy atom. The smallest absolute Gasteiger partial charge is 0.175 e. The van der Waals surface area contributed by atoms with E-state index in [1.165, 1.54) is 18.4 Å². The van der Waals surface area contributed by atoms with Crippen LogP contribution in [0.1, 0.15) is 43.4 Å². The number of aliphatic hydroxyl groups is 2. The van der Waals surface area contributed by atoms with E-state index in [1.54, 1.807) is 39.1 Å². The summed E-state index contributed by atoms with van der Waals surface area (Å²) in [4.78, 5) is 4.80. The van der Waals surface area contributed by atoms with Gasteiger partial charge in [0.15, 0.2) is 9.84 Å². The third-order valence-electron chi connectivity index (χ3n) is 7.55. The second-order valence-electron chi connectivity index (χ2n) is 11.5. The molecule has 0 bridgehead atoms. The van der Waals surface area contributed by atoms with E-state index in [0.717, 1.165) is 39.4 Å². The Morgan fingerprint density at radius 2 is 1.54 bits per heavy atom. The zero-order chi connectivity index (χ0) is 30.2. The first-order valence-corrected chi connectivity index (χ1v) is 17.2. The number of rotatable bonds is 10. The Hall–Kier alpha value is -3.11. The van der Waals surface area contributed by atoms with Crippen LogP contribution in [-0.4, -0.2) is 61.5 Å². The Bertz CT molecular complexity index is 1760. The van der Waals surface area contributed by atoms with Crippen molar-refractivity contribution in [1.82, 2.24) is 4.98 Å². The molecule has 0 aliphatic rings. The van der Waals surface area contributed by atoms with Gasteiger partial charge in [-0.3, -0.25) is 4.98 Å². The molecule has 9 heteroatoms. The molecule has 0 fully saturated rings. The van der Waals surface area contributed by atoms with Crippen LogP contribution >= 0.6 is 0 Å². The van der Waals surface area contributed by atoms with Crippen LogP contribution in [0.5, 0.6) is 0 Å². The molecule has 0 radical (unpaired) electrons. The highest BCUT2D eigenvalue weighted by Gasteiger charge is 2.33. The molecule has 0 saturated carbocycles. The summed E-state index contributed by atoms with van der Waals surface area (Å²) in [6, 6.07) is 22.0. The van der Waals surface area contributed by atoms with Crippen LogP contribution in [0.2, 0.25) is 0 Å².